The lowest BCUT2D eigenvalue weighted by molar-refractivity contribution is 0.668. The smallest absolute Gasteiger partial charge is 0.135 e. The average molecular weight is 785 g/mol. The molecule has 10 aromatic carbocycles. The molecular weight excluding hydrogens is 745 g/mol. The van der Waals surface area contributed by atoms with Crippen LogP contribution in [0.3, 0.4) is 0 Å². The van der Waals surface area contributed by atoms with E-state index in [4.69, 9.17) is 8.83 Å². The van der Waals surface area contributed by atoms with Crippen molar-refractivity contribution in [3.8, 4) is 0 Å². The number of rotatable bonds is 7. The summed E-state index contributed by atoms with van der Waals surface area (Å²) in [7, 11) is 0. The minimum atomic E-state index is 0.677. The highest BCUT2D eigenvalue weighted by atomic mass is 16.3. The van der Waals surface area contributed by atoms with Gasteiger partial charge in [-0.25, -0.2) is 0 Å². The summed E-state index contributed by atoms with van der Waals surface area (Å²) in [6.07, 6.45) is 0. The predicted octanol–water partition coefficient (Wildman–Crippen LogP) is 16.4. The Labute approximate surface area is 353 Å². The van der Waals surface area contributed by atoms with E-state index in [-0.39, 0.29) is 0 Å². The van der Waals surface area contributed by atoms with Gasteiger partial charge in [-0.15, -0.1) is 0 Å². The number of fused-ring (bicyclic) bond motifs is 11. The Hall–Kier alpha value is -7.82. The molecule has 2 heterocycles. The lowest BCUT2D eigenvalue weighted by Gasteiger charge is -2.30. The zero-order chi connectivity index (χ0) is 40.6. The van der Waals surface area contributed by atoms with Crippen LogP contribution < -0.4 is 9.80 Å². The number of para-hydroxylation sites is 2. The highest BCUT2D eigenvalue weighted by Crippen LogP contribution is 2.47. The Kier molecular flexibility index (Phi) is 8.01. The van der Waals surface area contributed by atoms with E-state index < -0.39 is 0 Å². The average Bonchev–Trinajstić information content (AvgIpc) is 3.85. The van der Waals surface area contributed by atoms with Gasteiger partial charge < -0.3 is 18.6 Å². The van der Waals surface area contributed by atoms with E-state index in [1.807, 2.05) is 0 Å². The normalized spacial score (nSPS) is 11.8. The van der Waals surface area contributed by atoms with Crippen molar-refractivity contribution in [3.05, 3.63) is 211 Å². The minimum Gasteiger partial charge on any atom is -0.456 e. The lowest BCUT2D eigenvalue weighted by atomic mass is 9.93. The summed E-state index contributed by atoms with van der Waals surface area (Å²) in [6.45, 7) is 4.95. The molecular formula is C57H40N2O2. The van der Waals surface area contributed by atoms with Crippen LogP contribution in [0.5, 0.6) is 0 Å². The first kappa shape index (κ1) is 35.2. The molecule has 0 spiro atoms. The second kappa shape index (κ2) is 13.9. The van der Waals surface area contributed by atoms with Gasteiger partial charge in [-0.2, -0.15) is 0 Å². The van der Waals surface area contributed by atoms with Crippen molar-refractivity contribution in [2.45, 2.75) is 20.4 Å². The number of hydrogen-bond donors (Lipinski definition) is 0. The summed E-state index contributed by atoms with van der Waals surface area (Å²) in [5, 5.41) is 11.7. The van der Waals surface area contributed by atoms with Gasteiger partial charge in [0.05, 0.1) is 5.69 Å². The molecule has 0 saturated carbocycles. The number of hydrogen-bond acceptors (Lipinski definition) is 4. The fourth-order valence-corrected chi connectivity index (χ4v) is 9.49. The zero-order valence-corrected chi connectivity index (χ0v) is 33.9. The molecule has 290 valence electrons. The Morgan fingerprint density at radius 1 is 0.328 bits per heavy atom. The van der Waals surface area contributed by atoms with E-state index in [0.29, 0.717) is 6.54 Å². The van der Waals surface area contributed by atoms with Crippen LogP contribution in [0.2, 0.25) is 0 Å². The summed E-state index contributed by atoms with van der Waals surface area (Å²) < 4.78 is 12.6. The molecule has 0 aliphatic heterocycles. The summed E-state index contributed by atoms with van der Waals surface area (Å²) >= 11 is 0. The van der Waals surface area contributed by atoms with E-state index >= 15 is 0 Å². The van der Waals surface area contributed by atoms with Gasteiger partial charge in [-0.3, -0.25) is 0 Å². The van der Waals surface area contributed by atoms with Crippen LogP contribution in [0.1, 0.15) is 16.7 Å². The third-order valence-corrected chi connectivity index (χ3v) is 12.3. The van der Waals surface area contributed by atoms with E-state index in [0.717, 1.165) is 72.3 Å². The van der Waals surface area contributed by atoms with Crippen LogP contribution in [0, 0.1) is 13.8 Å². The van der Waals surface area contributed by atoms with Gasteiger partial charge in [0.15, 0.2) is 0 Å². The molecule has 4 nitrogen and oxygen atoms in total. The molecule has 0 saturated heterocycles. The molecule has 0 N–H and O–H groups in total. The molecule has 0 fully saturated rings. The van der Waals surface area contributed by atoms with Crippen LogP contribution >= 0.6 is 0 Å². The SMILES string of the molecule is Cc1ccc2oc3ccc(CN(c4ccccc4)c4cc5c6ccccc6c(N(c6ccccc6)c6ccc7oc8ccc(C)cc8c7c6)cc5c5ccccc45)cc3c2c1. The highest BCUT2D eigenvalue weighted by Gasteiger charge is 2.22. The zero-order valence-electron chi connectivity index (χ0n) is 33.9. The standard InChI is InChI=1S/C57H40N2O2/c1-36-21-25-54-48(29-36)50-31-38(23-27-56(50)60-54)35-58(39-13-5-3-6-14-39)52-33-46-43-18-10-12-20-45(43)53(34-47(46)42-17-9-11-19-44(42)52)59(40-15-7-4-8-16-40)41-24-28-57-51(32-41)49-30-37(2)22-26-55(49)61-57/h3-34H,35H2,1-2H3. The van der Waals surface area contributed by atoms with Crippen LogP contribution in [-0.2, 0) is 6.54 Å². The van der Waals surface area contributed by atoms with Crippen LogP contribution in [0.25, 0.3) is 76.2 Å². The first-order valence-corrected chi connectivity index (χ1v) is 20.9. The van der Waals surface area contributed by atoms with Crippen LogP contribution in [-0.4, -0.2) is 0 Å². The number of furan rings is 2. The van der Waals surface area contributed by atoms with Gasteiger partial charge in [0.25, 0.3) is 0 Å². The van der Waals surface area contributed by atoms with Gasteiger partial charge in [-0.1, -0.05) is 114 Å². The first-order valence-electron chi connectivity index (χ1n) is 20.9. The van der Waals surface area contributed by atoms with Gasteiger partial charge in [0, 0.05) is 61.6 Å². The van der Waals surface area contributed by atoms with Gasteiger partial charge in [0.1, 0.15) is 22.3 Å². The molecule has 12 aromatic rings. The van der Waals surface area contributed by atoms with E-state index in [1.165, 1.54) is 49.0 Å². The molecule has 61 heavy (non-hydrogen) atoms. The van der Waals surface area contributed by atoms with Gasteiger partial charge >= 0.3 is 0 Å². The predicted molar refractivity (Wildman–Crippen MR) is 256 cm³/mol. The molecule has 0 bridgehead atoms. The maximum Gasteiger partial charge on any atom is 0.135 e. The first-order chi connectivity index (χ1) is 30.0. The maximum atomic E-state index is 6.34. The highest BCUT2D eigenvalue weighted by molar-refractivity contribution is 6.24. The summed E-state index contributed by atoms with van der Waals surface area (Å²) in [5.41, 5.74) is 12.8. The van der Waals surface area contributed by atoms with Crippen molar-refractivity contribution in [1.82, 2.24) is 0 Å². The fraction of sp³-hybridized carbons (Fsp3) is 0.0526. The van der Waals surface area contributed by atoms with Gasteiger partial charge in [-0.05, 0) is 132 Å². The quantitative estimate of drug-likeness (QED) is 0.151. The van der Waals surface area contributed by atoms with Crippen molar-refractivity contribution in [2.24, 2.45) is 0 Å². The Morgan fingerprint density at radius 3 is 1.39 bits per heavy atom. The molecule has 2 aromatic heterocycles. The Bertz CT molecular complexity index is 3660. The third kappa shape index (κ3) is 5.83. The minimum absolute atomic E-state index is 0.677. The molecule has 0 atom stereocenters. The van der Waals surface area contributed by atoms with Crippen molar-refractivity contribution in [2.75, 3.05) is 9.80 Å². The molecule has 12 rings (SSSR count). The Balaban J connectivity index is 1.09. The van der Waals surface area contributed by atoms with Crippen LogP contribution in [0.4, 0.5) is 28.4 Å². The molecule has 0 aliphatic rings. The van der Waals surface area contributed by atoms with Crippen molar-refractivity contribution in [1.29, 1.82) is 0 Å². The van der Waals surface area contributed by atoms with Crippen molar-refractivity contribution < 1.29 is 8.83 Å². The molecule has 0 amide bonds. The fourth-order valence-electron chi connectivity index (χ4n) is 9.49. The van der Waals surface area contributed by atoms with E-state index in [9.17, 15) is 0 Å². The van der Waals surface area contributed by atoms with E-state index in [2.05, 4.69) is 218 Å². The Morgan fingerprint density at radius 2 is 0.787 bits per heavy atom. The number of anilines is 5. The largest absolute Gasteiger partial charge is 0.456 e. The molecule has 4 heteroatoms. The monoisotopic (exact) mass is 784 g/mol. The second-order valence-electron chi connectivity index (χ2n) is 16.3. The number of nitrogens with zero attached hydrogens (tertiary/aromatic N) is 2. The van der Waals surface area contributed by atoms with E-state index in [1.54, 1.807) is 0 Å². The number of aryl methyl sites for hydroxylation is 2. The van der Waals surface area contributed by atoms with Crippen LogP contribution in [0.15, 0.2) is 203 Å². The third-order valence-electron chi connectivity index (χ3n) is 12.3. The lowest BCUT2D eigenvalue weighted by Crippen LogP contribution is -2.17. The van der Waals surface area contributed by atoms with Crippen molar-refractivity contribution >= 4 is 105 Å². The van der Waals surface area contributed by atoms with Gasteiger partial charge in [0.2, 0.25) is 0 Å². The maximum absolute atomic E-state index is 6.34. The molecule has 0 unspecified atom stereocenters. The summed E-state index contributed by atoms with van der Waals surface area (Å²) in [5.74, 6) is 0. The second-order valence-corrected chi connectivity index (χ2v) is 16.3. The topological polar surface area (TPSA) is 32.8 Å². The number of benzene rings is 10. The summed E-state index contributed by atoms with van der Waals surface area (Å²) in [4.78, 5) is 4.88. The molecule has 0 aliphatic carbocycles. The summed E-state index contributed by atoms with van der Waals surface area (Å²) in [6, 6.07) is 70.2. The molecule has 0 radical (unpaired) electrons. The van der Waals surface area contributed by atoms with Crippen molar-refractivity contribution in [3.63, 3.8) is 0 Å².